The van der Waals surface area contributed by atoms with Gasteiger partial charge in [0, 0.05) is 23.3 Å². The fourth-order valence-electron chi connectivity index (χ4n) is 2.66. The number of halogens is 1. The number of benzene rings is 3. The third kappa shape index (κ3) is 4.40. The average Bonchev–Trinajstić information content (AvgIpc) is 2.72. The van der Waals surface area contributed by atoms with Gasteiger partial charge in [-0.2, -0.15) is 5.26 Å². The largest absolute Gasteiger partial charge is 0.488 e. The van der Waals surface area contributed by atoms with Gasteiger partial charge in [0.1, 0.15) is 18.2 Å². The van der Waals surface area contributed by atoms with Crippen molar-refractivity contribution >= 4 is 17.3 Å². The molecule has 0 unspecified atom stereocenters. The second kappa shape index (κ2) is 8.60. The first-order valence-corrected chi connectivity index (χ1v) is 8.40. The molecule has 138 valence electrons. The van der Waals surface area contributed by atoms with Crippen LogP contribution in [-0.4, -0.2) is 4.92 Å². The predicted octanol–water partition coefficient (Wildman–Crippen LogP) is 5.38. The summed E-state index contributed by atoms with van der Waals surface area (Å²) in [6.45, 7) is 0.119. The van der Waals surface area contributed by atoms with E-state index in [1.54, 1.807) is 54.6 Å². The normalized spacial score (nSPS) is 10.9. The van der Waals surface area contributed by atoms with E-state index in [0.29, 0.717) is 16.9 Å². The minimum absolute atomic E-state index is 0.0133. The van der Waals surface area contributed by atoms with Crippen molar-refractivity contribution in [1.29, 1.82) is 5.26 Å². The Morgan fingerprint density at radius 1 is 1.11 bits per heavy atom. The maximum Gasteiger partial charge on any atom is 0.269 e. The van der Waals surface area contributed by atoms with Crippen LogP contribution in [0.15, 0.2) is 72.8 Å². The molecule has 0 saturated heterocycles. The van der Waals surface area contributed by atoms with Gasteiger partial charge in [0.25, 0.3) is 5.69 Å². The number of hydrogen-bond donors (Lipinski definition) is 0. The molecule has 0 radical (unpaired) electrons. The molecule has 0 saturated carbocycles. The Morgan fingerprint density at radius 2 is 1.86 bits per heavy atom. The van der Waals surface area contributed by atoms with Crippen molar-refractivity contribution in [3.05, 3.63) is 105 Å². The Labute approximate surface area is 161 Å². The van der Waals surface area contributed by atoms with Crippen LogP contribution in [0.25, 0.3) is 11.6 Å². The van der Waals surface area contributed by atoms with Gasteiger partial charge in [0.2, 0.25) is 0 Å². The van der Waals surface area contributed by atoms with Gasteiger partial charge >= 0.3 is 0 Å². The summed E-state index contributed by atoms with van der Waals surface area (Å²) in [6, 6.07) is 21.3. The zero-order valence-electron chi connectivity index (χ0n) is 14.7. The number of hydrogen-bond acceptors (Lipinski definition) is 4. The Hall–Kier alpha value is -3.98. The van der Waals surface area contributed by atoms with Gasteiger partial charge in [-0.1, -0.05) is 48.5 Å². The van der Waals surface area contributed by atoms with Gasteiger partial charge in [-0.15, -0.1) is 0 Å². The zero-order chi connectivity index (χ0) is 19.9. The first-order valence-electron chi connectivity index (χ1n) is 8.40. The van der Waals surface area contributed by atoms with Crippen LogP contribution in [0.1, 0.15) is 16.7 Å². The molecular formula is C22H15FN2O3. The monoisotopic (exact) mass is 374 g/mol. The summed E-state index contributed by atoms with van der Waals surface area (Å²) in [6.07, 6.45) is 1.56. The summed E-state index contributed by atoms with van der Waals surface area (Å²) in [5.74, 6) is 0.00314. The van der Waals surface area contributed by atoms with Gasteiger partial charge in [-0.25, -0.2) is 4.39 Å². The maximum atomic E-state index is 14.0. The average molecular weight is 374 g/mol. The molecule has 5 nitrogen and oxygen atoms in total. The lowest BCUT2D eigenvalue weighted by Crippen LogP contribution is -1.98. The molecule has 0 heterocycles. The molecule has 0 aromatic heterocycles. The van der Waals surface area contributed by atoms with E-state index >= 15 is 0 Å². The number of ether oxygens (including phenoxy) is 1. The highest BCUT2D eigenvalue weighted by Crippen LogP contribution is 2.26. The first kappa shape index (κ1) is 18.8. The van der Waals surface area contributed by atoms with Gasteiger partial charge < -0.3 is 4.74 Å². The van der Waals surface area contributed by atoms with Crippen LogP contribution in [-0.2, 0) is 6.61 Å². The number of allylic oxidation sites excluding steroid dienone is 1. The van der Waals surface area contributed by atoms with Crippen LogP contribution < -0.4 is 4.74 Å². The van der Waals surface area contributed by atoms with Crippen molar-refractivity contribution in [2.24, 2.45) is 0 Å². The highest BCUT2D eigenvalue weighted by atomic mass is 19.1. The molecule has 6 heteroatoms. The molecule has 0 N–H and O–H groups in total. The van der Waals surface area contributed by atoms with Crippen LogP contribution in [0.2, 0.25) is 0 Å². The summed E-state index contributed by atoms with van der Waals surface area (Å²) in [5, 5.41) is 20.4. The van der Waals surface area contributed by atoms with Crippen molar-refractivity contribution in [2.45, 2.75) is 6.61 Å². The van der Waals surface area contributed by atoms with Crippen LogP contribution in [0.4, 0.5) is 10.1 Å². The Bertz CT molecular complexity index is 1090. The minimum atomic E-state index is -0.481. The summed E-state index contributed by atoms with van der Waals surface area (Å²) in [5.41, 5.74) is 1.61. The highest BCUT2D eigenvalue weighted by Gasteiger charge is 2.10. The Kier molecular flexibility index (Phi) is 5.78. The molecule has 0 spiro atoms. The van der Waals surface area contributed by atoms with Crippen LogP contribution in [0.3, 0.4) is 0 Å². The van der Waals surface area contributed by atoms with E-state index in [4.69, 9.17) is 4.74 Å². The number of nitro groups is 1. The van der Waals surface area contributed by atoms with E-state index in [9.17, 15) is 19.8 Å². The van der Waals surface area contributed by atoms with Gasteiger partial charge in [-0.05, 0) is 23.8 Å². The van der Waals surface area contributed by atoms with Crippen molar-refractivity contribution in [1.82, 2.24) is 0 Å². The molecule has 0 atom stereocenters. The molecular weight excluding hydrogens is 359 g/mol. The number of non-ortho nitro benzene ring substituents is 1. The lowest BCUT2D eigenvalue weighted by atomic mass is 10.0. The van der Waals surface area contributed by atoms with E-state index in [1.807, 2.05) is 6.07 Å². The Balaban J connectivity index is 1.87. The highest BCUT2D eigenvalue weighted by molar-refractivity contribution is 5.90. The molecule has 0 bridgehead atoms. The molecule has 0 aliphatic carbocycles. The van der Waals surface area contributed by atoms with Crippen molar-refractivity contribution in [3.63, 3.8) is 0 Å². The van der Waals surface area contributed by atoms with Crippen LogP contribution in [0.5, 0.6) is 5.75 Å². The van der Waals surface area contributed by atoms with E-state index < -0.39 is 10.7 Å². The molecule has 28 heavy (non-hydrogen) atoms. The third-order valence-corrected chi connectivity index (χ3v) is 4.02. The van der Waals surface area contributed by atoms with E-state index in [2.05, 4.69) is 0 Å². The van der Waals surface area contributed by atoms with Crippen molar-refractivity contribution in [3.8, 4) is 11.8 Å². The van der Waals surface area contributed by atoms with Gasteiger partial charge in [0.15, 0.2) is 0 Å². The molecule has 3 aromatic carbocycles. The van der Waals surface area contributed by atoms with Crippen molar-refractivity contribution in [2.75, 3.05) is 0 Å². The fourth-order valence-corrected chi connectivity index (χ4v) is 2.66. The van der Waals surface area contributed by atoms with E-state index in [-0.39, 0.29) is 23.4 Å². The molecule has 0 aliphatic rings. The van der Waals surface area contributed by atoms with Crippen molar-refractivity contribution < 1.29 is 14.1 Å². The standard InChI is InChI=1S/C22H15FN2O3/c23-21-10-3-2-9-20(21)18(14-24)13-17-7-1-4-11-22(17)28-15-16-6-5-8-19(12-16)25(26)27/h1-13H,15H2/b18-13-. The topological polar surface area (TPSA) is 76.2 Å². The number of nitro benzene ring substituents is 1. The summed E-state index contributed by atoms with van der Waals surface area (Å²) in [4.78, 5) is 10.4. The van der Waals surface area contributed by atoms with E-state index in [0.717, 1.165) is 0 Å². The molecule has 0 fully saturated rings. The first-order chi connectivity index (χ1) is 13.6. The lowest BCUT2D eigenvalue weighted by molar-refractivity contribution is -0.384. The predicted molar refractivity (Wildman–Crippen MR) is 104 cm³/mol. The third-order valence-electron chi connectivity index (χ3n) is 4.02. The minimum Gasteiger partial charge on any atom is -0.488 e. The quantitative estimate of drug-likeness (QED) is 0.251. The molecule has 0 amide bonds. The van der Waals surface area contributed by atoms with Gasteiger partial charge in [-0.3, -0.25) is 10.1 Å². The summed E-state index contributed by atoms with van der Waals surface area (Å²) >= 11 is 0. The second-order valence-corrected chi connectivity index (χ2v) is 5.90. The summed E-state index contributed by atoms with van der Waals surface area (Å²) in [7, 11) is 0. The SMILES string of the molecule is N#C/C(=C/c1ccccc1OCc1cccc([N+](=O)[O-])c1)c1ccccc1F. The number of nitrogens with zero attached hydrogens (tertiary/aromatic N) is 2. The van der Waals surface area contributed by atoms with Crippen LogP contribution >= 0.6 is 0 Å². The maximum absolute atomic E-state index is 14.0. The zero-order valence-corrected chi connectivity index (χ0v) is 14.7. The molecule has 3 aromatic rings. The number of rotatable bonds is 6. The molecule has 0 aliphatic heterocycles. The second-order valence-electron chi connectivity index (χ2n) is 5.90. The Morgan fingerprint density at radius 3 is 2.61 bits per heavy atom. The van der Waals surface area contributed by atoms with Crippen LogP contribution in [0, 0.1) is 27.3 Å². The molecule has 3 rings (SSSR count). The fraction of sp³-hybridized carbons (Fsp3) is 0.0455. The lowest BCUT2D eigenvalue weighted by Gasteiger charge is -2.10. The number of para-hydroxylation sites is 1. The van der Waals surface area contributed by atoms with Gasteiger partial charge in [0.05, 0.1) is 16.6 Å². The smallest absolute Gasteiger partial charge is 0.269 e. The van der Waals surface area contributed by atoms with E-state index in [1.165, 1.54) is 24.3 Å². The summed E-state index contributed by atoms with van der Waals surface area (Å²) < 4.78 is 19.8. The number of nitriles is 1.